The summed E-state index contributed by atoms with van der Waals surface area (Å²) < 4.78 is 0. The van der Waals surface area contributed by atoms with Crippen molar-refractivity contribution in [1.29, 1.82) is 0 Å². The highest BCUT2D eigenvalue weighted by molar-refractivity contribution is 9.09. The number of carbonyl (C=O) groups is 1. The van der Waals surface area contributed by atoms with Gasteiger partial charge in [-0.2, -0.15) is 0 Å². The van der Waals surface area contributed by atoms with E-state index in [9.17, 15) is 4.79 Å². The fourth-order valence-electron chi connectivity index (χ4n) is 2.04. The predicted molar refractivity (Wildman–Crippen MR) is 71.7 cm³/mol. The van der Waals surface area contributed by atoms with Crippen molar-refractivity contribution in [2.75, 3.05) is 0 Å². The lowest BCUT2D eigenvalue weighted by atomic mass is 9.82. The van der Waals surface area contributed by atoms with Crippen molar-refractivity contribution in [3.63, 3.8) is 0 Å². The number of amides is 1. The molecule has 0 aliphatic heterocycles. The zero-order chi connectivity index (χ0) is 12.3. The van der Waals surface area contributed by atoms with Crippen molar-refractivity contribution < 1.29 is 4.79 Å². The summed E-state index contributed by atoms with van der Waals surface area (Å²) in [6.45, 7) is 8.48. The minimum absolute atomic E-state index is 0.167. The third kappa shape index (κ3) is 3.76. The molecule has 1 rings (SSSR count). The summed E-state index contributed by atoms with van der Waals surface area (Å²) in [5, 5.41) is 3.15. The van der Waals surface area contributed by atoms with Crippen LogP contribution in [0.25, 0.3) is 0 Å². The van der Waals surface area contributed by atoms with Crippen LogP contribution < -0.4 is 5.32 Å². The van der Waals surface area contributed by atoms with Crippen LogP contribution in [0.5, 0.6) is 0 Å². The van der Waals surface area contributed by atoms with Gasteiger partial charge in [-0.25, -0.2) is 0 Å². The molecule has 0 spiro atoms. The van der Waals surface area contributed by atoms with Crippen LogP contribution in [-0.4, -0.2) is 16.3 Å². The zero-order valence-corrected chi connectivity index (χ0v) is 12.4. The Morgan fingerprint density at radius 3 is 2.25 bits per heavy atom. The first kappa shape index (κ1) is 14.0. The lowest BCUT2D eigenvalue weighted by molar-refractivity contribution is -0.127. The Morgan fingerprint density at radius 1 is 1.31 bits per heavy atom. The monoisotopic (exact) mass is 289 g/mol. The van der Waals surface area contributed by atoms with Gasteiger partial charge >= 0.3 is 0 Å². The number of halogens is 1. The third-order valence-electron chi connectivity index (χ3n) is 3.83. The van der Waals surface area contributed by atoms with Crippen LogP contribution in [0, 0.1) is 11.8 Å². The van der Waals surface area contributed by atoms with Gasteiger partial charge in [-0.15, -0.1) is 0 Å². The number of nitrogens with one attached hydrogen (secondary N) is 1. The normalized spacial score (nSPS) is 28.6. The molecule has 0 saturated heterocycles. The highest BCUT2D eigenvalue weighted by atomic mass is 79.9. The van der Waals surface area contributed by atoms with Crippen molar-refractivity contribution in [2.45, 2.75) is 63.7 Å². The molecule has 3 heteroatoms. The largest absolute Gasteiger partial charge is 0.350 e. The molecule has 0 aromatic carbocycles. The minimum Gasteiger partial charge on any atom is -0.350 e. The molecule has 1 unspecified atom stereocenters. The maximum atomic E-state index is 12.1. The molecule has 1 atom stereocenters. The third-order valence-corrected chi connectivity index (χ3v) is 4.97. The Kier molecular flexibility index (Phi) is 4.84. The van der Waals surface area contributed by atoms with Crippen molar-refractivity contribution in [3.8, 4) is 0 Å². The molecule has 0 heterocycles. The Morgan fingerprint density at radius 2 is 1.81 bits per heavy atom. The second-order valence-electron chi connectivity index (χ2n) is 5.78. The Hall–Kier alpha value is -0.0500. The van der Waals surface area contributed by atoms with E-state index in [4.69, 9.17) is 0 Å². The average Bonchev–Trinajstić information content (AvgIpc) is 2.17. The van der Waals surface area contributed by atoms with E-state index in [1.807, 2.05) is 0 Å². The number of hydrogen-bond donors (Lipinski definition) is 1. The molecule has 1 saturated carbocycles. The molecular formula is C13H24BrNO. The summed E-state index contributed by atoms with van der Waals surface area (Å²) in [6.07, 6.45) is 4.50. The summed E-state index contributed by atoms with van der Waals surface area (Å²) in [4.78, 5) is 12.4. The Labute approximate surface area is 108 Å². The van der Waals surface area contributed by atoms with Crippen LogP contribution in [-0.2, 0) is 4.79 Å². The first-order chi connectivity index (χ1) is 7.33. The summed E-state index contributed by atoms with van der Waals surface area (Å²) in [5.41, 5.74) is -0.167. The highest BCUT2D eigenvalue weighted by Crippen LogP contribution is 2.29. The molecule has 1 aliphatic carbocycles. The van der Waals surface area contributed by atoms with Crippen LogP contribution in [0.3, 0.4) is 0 Å². The van der Waals surface area contributed by atoms with Crippen molar-refractivity contribution >= 4 is 21.8 Å². The molecule has 1 aliphatic rings. The van der Waals surface area contributed by atoms with Gasteiger partial charge in [-0.05, 0) is 45.4 Å². The van der Waals surface area contributed by atoms with Crippen LogP contribution in [0.1, 0.15) is 53.4 Å². The lowest BCUT2D eigenvalue weighted by Crippen LogP contribution is -2.51. The number of rotatable bonds is 3. The van der Waals surface area contributed by atoms with Gasteiger partial charge in [0.15, 0.2) is 0 Å². The van der Waals surface area contributed by atoms with Gasteiger partial charge in [0.25, 0.3) is 0 Å². The Bertz CT molecular complexity index is 242. The second kappa shape index (κ2) is 5.52. The molecule has 0 aromatic heterocycles. The zero-order valence-electron chi connectivity index (χ0n) is 10.8. The van der Waals surface area contributed by atoms with Crippen LogP contribution >= 0.6 is 15.9 Å². The molecule has 94 valence electrons. The standard InChI is InChI=1S/C13H24BrNO/c1-9-5-7-11(8-6-9)12(16)15-13(3,4)10(2)14/h9-11H,5-8H2,1-4H3,(H,15,16). The quantitative estimate of drug-likeness (QED) is 0.792. The minimum atomic E-state index is -0.167. The first-order valence-electron chi connectivity index (χ1n) is 6.29. The summed E-state index contributed by atoms with van der Waals surface area (Å²) >= 11 is 3.54. The topological polar surface area (TPSA) is 29.1 Å². The van der Waals surface area contributed by atoms with Gasteiger partial charge in [-0.3, -0.25) is 4.79 Å². The molecule has 1 amide bonds. The smallest absolute Gasteiger partial charge is 0.223 e. The summed E-state index contributed by atoms with van der Waals surface area (Å²) in [6, 6.07) is 0. The second-order valence-corrected chi connectivity index (χ2v) is 7.16. The molecular weight excluding hydrogens is 266 g/mol. The van der Waals surface area contributed by atoms with Crippen molar-refractivity contribution in [2.24, 2.45) is 11.8 Å². The molecule has 2 nitrogen and oxygen atoms in total. The molecule has 0 radical (unpaired) electrons. The van der Waals surface area contributed by atoms with E-state index in [0.717, 1.165) is 18.8 Å². The van der Waals surface area contributed by atoms with E-state index in [-0.39, 0.29) is 22.2 Å². The molecule has 1 N–H and O–H groups in total. The van der Waals surface area contributed by atoms with Crippen molar-refractivity contribution in [3.05, 3.63) is 0 Å². The average molecular weight is 290 g/mol. The van der Waals surface area contributed by atoms with Gasteiger partial charge < -0.3 is 5.32 Å². The van der Waals surface area contributed by atoms with Crippen LogP contribution in [0.2, 0.25) is 0 Å². The molecule has 0 bridgehead atoms. The SMILES string of the molecule is CC1CCC(C(=O)NC(C)(C)C(C)Br)CC1. The van der Waals surface area contributed by atoms with Gasteiger partial charge in [-0.1, -0.05) is 29.8 Å². The van der Waals surface area contributed by atoms with Gasteiger partial charge in [0.05, 0.1) is 0 Å². The van der Waals surface area contributed by atoms with Crippen molar-refractivity contribution in [1.82, 2.24) is 5.32 Å². The number of hydrogen-bond acceptors (Lipinski definition) is 1. The van der Waals surface area contributed by atoms with Gasteiger partial charge in [0.1, 0.15) is 0 Å². The van der Waals surface area contributed by atoms with E-state index in [1.165, 1.54) is 12.8 Å². The van der Waals surface area contributed by atoms with E-state index in [2.05, 4.69) is 48.9 Å². The molecule has 0 aromatic rings. The van der Waals surface area contributed by atoms with E-state index in [1.54, 1.807) is 0 Å². The molecule has 1 fully saturated rings. The predicted octanol–water partition coefficient (Wildman–Crippen LogP) is 3.49. The molecule has 16 heavy (non-hydrogen) atoms. The van der Waals surface area contributed by atoms with Gasteiger partial charge in [0.2, 0.25) is 5.91 Å². The highest BCUT2D eigenvalue weighted by Gasteiger charge is 2.30. The summed E-state index contributed by atoms with van der Waals surface area (Å²) in [5.74, 6) is 1.28. The maximum absolute atomic E-state index is 12.1. The van der Waals surface area contributed by atoms with Crippen LogP contribution in [0.4, 0.5) is 0 Å². The van der Waals surface area contributed by atoms with E-state index in [0.29, 0.717) is 0 Å². The summed E-state index contributed by atoms with van der Waals surface area (Å²) in [7, 11) is 0. The number of alkyl halides is 1. The maximum Gasteiger partial charge on any atom is 0.223 e. The Balaban J connectivity index is 2.46. The van der Waals surface area contributed by atoms with E-state index < -0.39 is 0 Å². The van der Waals surface area contributed by atoms with Gasteiger partial charge in [0, 0.05) is 16.3 Å². The number of carbonyl (C=O) groups excluding carboxylic acids is 1. The fourth-order valence-corrected chi connectivity index (χ4v) is 2.16. The fraction of sp³-hybridized carbons (Fsp3) is 0.923. The van der Waals surface area contributed by atoms with Crippen LogP contribution in [0.15, 0.2) is 0 Å². The lowest BCUT2D eigenvalue weighted by Gasteiger charge is -2.33. The van der Waals surface area contributed by atoms with E-state index >= 15 is 0 Å². The first-order valence-corrected chi connectivity index (χ1v) is 7.20.